The lowest BCUT2D eigenvalue weighted by atomic mass is 9.93. The Labute approximate surface area is 198 Å². The van der Waals surface area contributed by atoms with Crippen molar-refractivity contribution in [1.29, 1.82) is 0 Å². The van der Waals surface area contributed by atoms with Crippen molar-refractivity contribution in [3.8, 4) is 0 Å². The van der Waals surface area contributed by atoms with Crippen LogP contribution in [-0.2, 0) is 22.6 Å². The number of nitrogens with one attached hydrogen (secondary N) is 3. The number of fused-ring (bicyclic) bond motifs is 1. The predicted octanol–water partition coefficient (Wildman–Crippen LogP) is 2.61. The maximum Gasteiger partial charge on any atom is 0.242 e. The van der Waals surface area contributed by atoms with Crippen LogP contribution in [0.4, 0.5) is 10.2 Å². The van der Waals surface area contributed by atoms with Crippen LogP contribution in [0.1, 0.15) is 30.2 Å². The molecule has 3 atom stereocenters. The van der Waals surface area contributed by atoms with E-state index in [2.05, 4.69) is 20.9 Å². The van der Waals surface area contributed by atoms with E-state index in [0.717, 1.165) is 28.6 Å². The fourth-order valence-electron chi connectivity index (χ4n) is 4.49. The summed E-state index contributed by atoms with van der Waals surface area (Å²) in [6, 6.07) is 13.3. The number of carbonyl (C=O) groups excluding carboxylic acids is 2. The highest BCUT2D eigenvalue weighted by molar-refractivity contribution is 5.90. The minimum Gasteiger partial charge on any atom is -0.384 e. The quantitative estimate of drug-likeness (QED) is 0.431. The van der Waals surface area contributed by atoms with Gasteiger partial charge in [0.1, 0.15) is 17.7 Å². The first-order chi connectivity index (χ1) is 16.3. The molecule has 0 unspecified atom stereocenters. The molecule has 0 spiro atoms. The van der Waals surface area contributed by atoms with Crippen LogP contribution in [0.2, 0.25) is 0 Å². The zero-order valence-corrected chi connectivity index (χ0v) is 19.4. The average molecular weight is 464 g/mol. The number of carbonyl (C=O) groups is 2. The maximum absolute atomic E-state index is 14.1. The van der Waals surface area contributed by atoms with Gasteiger partial charge in [0.05, 0.1) is 6.04 Å². The lowest BCUT2D eigenvalue weighted by Crippen LogP contribution is -2.50. The Morgan fingerprint density at radius 2 is 1.88 bits per heavy atom. The van der Waals surface area contributed by atoms with Crippen molar-refractivity contribution >= 4 is 28.4 Å². The van der Waals surface area contributed by atoms with Crippen molar-refractivity contribution in [3.05, 3.63) is 71.2 Å². The van der Waals surface area contributed by atoms with Crippen LogP contribution in [0.3, 0.4) is 0 Å². The monoisotopic (exact) mass is 463 g/mol. The Bertz CT molecular complexity index is 1220. The van der Waals surface area contributed by atoms with Crippen LogP contribution in [0.25, 0.3) is 10.8 Å². The number of nitrogens with zero attached hydrogens (tertiary/aromatic N) is 1. The molecule has 3 aromatic rings. The Balaban J connectivity index is 1.29. The molecule has 1 saturated heterocycles. The summed E-state index contributed by atoms with van der Waals surface area (Å²) in [4.78, 5) is 29.4. The van der Waals surface area contributed by atoms with Gasteiger partial charge in [0.15, 0.2) is 0 Å². The number of rotatable bonds is 7. The third kappa shape index (κ3) is 5.34. The number of hydrogen-bond acceptors (Lipinski definition) is 5. The third-order valence-corrected chi connectivity index (χ3v) is 6.43. The predicted molar refractivity (Wildman–Crippen MR) is 130 cm³/mol. The second-order valence-corrected chi connectivity index (χ2v) is 8.95. The van der Waals surface area contributed by atoms with Crippen molar-refractivity contribution in [2.24, 2.45) is 5.92 Å². The Morgan fingerprint density at radius 1 is 1.15 bits per heavy atom. The zero-order chi connectivity index (χ0) is 24.2. The molecule has 2 amide bonds. The molecule has 2 heterocycles. The smallest absolute Gasteiger partial charge is 0.242 e. The summed E-state index contributed by atoms with van der Waals surface area (Å²) in [6.45, 7) is 4.50. The number of aryl methyl sites for hydroxylation is 1. The van der Waals surface area contributed by atoms with Gasteiger partial charge >= 0.3 is 0 Å². The number of hydrogen-bond donors (Lipinski definition) is 4. The summed E-state index contributed by atoms with van der Waals surface area (Å²) in [7, 11) is 0. The van der Waals surface area contributed by atoms with Crippen molar-refractivity contribution in [1.82, 2.24) is 20.9 Å². The zero-order valence-electron chi connectivity index (χ0n) is 19.4. The normalized spacial score (nSPS) is 18.6. The third-order valence-electron chi connectivity index (χ3n) is 6.43. The van der Waals surface area contributed by atoms with E-state index in [1.54, 1.807) is 19.1 Å². The van der Waals surface area contributed by atoms with Crippen molar-refractivity contribution in [2.45, 2.75) is 45.3 Å². The van der Waals surface area contributed by atoms with Gasteiger partial charge in [0.2, 0.25) is 11.8 Å². The van der Waals surface area contributed by atoms with E-state index in [-0.39, 0.29) is 29.6 Å². The van der Waals surface area contributed by atoms with E-state index in [9.17, 15) is 14.0 Å². The van der Waals surface area contributed by atoms with Gasteiger partial charge in [-0.15, -0.1) is 0 Å². The molecule has 1 fully saturated rings. The topological polar surface area (TPSA) is 109 Å². The number of amides is 2. The second kappa shape index (κ2) is 10.2. The van der Waals surface area contributed by atoms with Crippen LogP contribution >= 0.6 is 0 Å². The fraction of sp³-hybridized carbons (Fsp3) is 0.346. The first-order valence-corrected chi connectivity index (χ1v) is 11.5. The number of nitrogen functional groups attached to an aromatic ring is 1. The van der Waals surface area contributed by atoms with E-state index in [4.69, 9.17) is 5.73 Å². The summed E-state index contributed by atoms with van der Waals surface area (Å²) in [5.41, 5.74) is 8.36. The average Bonchev–Trinajstić information content (AvgIpc) is 3.29. The van der Waals surface area contributed by atoms with E-state index in [0.29, 0.717) is 30.7 Å². The van der Waals surface area contributed by atoms with Crippen molar-refractivity contribution in [3.63, 3.8) is 0 Å². The summed E-state index contributed by atoms with van der Waals surface area (Å²) in [6.07, 6.45) is 1.41. The molecule has 7 nitrogen and oxygen atoms in total. The highest BCUT2D eigenvalue weighted by Crippen LogP contribution is 2.27. The molecule has 178 valence electrons. The molecule has 0 aliphatic carbocycles. The first kappa shape index (κ1) is 23.6. The summed E-state index contributed by atoms with van der Waals surface area (Å²) >= 11 is 0. The first-order valence-electron chi connectivity index (χ1n) is 11.5. The Hall–Kier alpha value is -3.52. The molecule has 5 N–H and O–H groups in total. The van der Waals surface area contributed by atoms with Crippen molar-refractivity contribution in [2.75, 3.05) is 12.3 Å². The van der Waals surface area contributed by atoms with Gasteiger partial charge in [-0.2, -0.15) is 0 Å². The van der Waals surface area contributed by atoms with E-state index in [1.807, 2.05) is 37.3 Å². The fourth-order valence-corrected chi connectivity index (χ4v) is 4.49. The highest BCUT2D eigenvalue weighted by Gasteiger charge is 2.31. The molecule has 34 heavy (non-hydrogen) atoms. The Morgan fingerprint density at radius 3 is 2.65 bits per heavy atom. The molecule has 4 rings (SSSR count). The Kier molecular flexibility index (Phi) is 7.07. The van der Waals surface area contributed by atoms with Gasteiger partial charge in [0, 0.05) is 17.6 Å². The number of aromatic nitrogens is 1. The molecular weight excluding hydrogens is 433 g/mol. The van der Waals surface area contributed by atoms with Crippen LogP contribution in [0.5, 0.6) is 0 Å². The van der Waals surface area contributed by atoms with Crippen LogP contribution < -0.4 is 21.7 Å². The van der Waals surface area contributed by atoms with Gasteiger partial charge in [-0.05, 0) is 67.8 Å². The molecule has 1 aromatic heterocycles. The number of nitrogens with two attached hydrogens (primary N) is 1. The van der Waals surface area contributed by atoms with Crippen molar-refractivity contribution < 1.29 is 14.0 Å². The number of anilines is 1. The number of halogens is 1. The summed E-state index contributed by atoms with van der Waals surface area (Å²) in [5, 5.41) is 10.4. The molecule has 0 saturated carbocycles. The van der Waals surface area contributed by atoms with Gasteiger partial charge in [-0.25, -0.2) is 9.37 Å². The maximum atomic E-state index is 14.1. The minimum absolute atomic E-state index is 0.195. The molecule has 2 aromatic carbocycles. The standard InChI is InChI=1S/C26H30FN5O2/c1-15-19(8-10-24(28)31-15)14-30-25(33)16(2)32-26(34)23-12-17(13-29-23)11-18-7-9-22(27)21-6-4-3-5-20(18)21/h3-10,16-17,23,29H,11-14H2,1-2H3,(H2,28,31)(H,30,33)(H,32,34)/t16-,17-,23+/m0/s1. The van der Waals surface area contributed by atoms with E-state index >= 15 is 0 Å². The van der Waals surface area contributed by atoms with Crippen LogP contribution in [0, 0.1) is 18.7 Å². The number of pyridine rings is 1. The summed E-state index contributed by atoms with van der Waals surface area (Å²) in [5.74, 6) is -0.00878. The molecule has 8 heteroatoms. The van der Waals surface area contributed by atoms with E-state index < -0.39 is 6.04 Å². The molecule has 1 aliphatic heterocycles. The second-order valence-electron chi connectivity index (χ2n) is 8.95. The lowest BCUT2D eigenvalue weighted by Gasteiger charge is -2.18. The van der Waals surface area contributed by atoms with Crippen LogP contribution in [-0.4, -0.2) is 35.4 Å². The molecule has 0 radical (unpaired) electrons. The largest absolute Gasteiger partial charge is 0.384 e. The van der Waals surface area contributed by atoms with E-state index in [1.165, 1.54) is 6.07 Å². The summed E-state index contributed by atoms with van der Waals surface area (Å²) < 4.78 is 14.1. The minimum atomic E-state index is -0.670. The molecule has 1 aliphatic rings. The van der Waals surface area contributed by atoms with Gasteiger partial charge in [0.25, 0.3) is 0 Å². The highest BCUT2D eigenvalue weighted by atomic mass is 19.1. The van der Waals surface area contributed by atoms with Gasteiger partial charge in [-0.1, -0.05) is 36.4 Å². The SMILES string of the molecule is Cc1nc(N)ccc1CNC(=O)[C@H](C)NC(=O)[C@H]1C[C@H](Cc2ccc(F)c3ccccc23)CN1. The van der Waals surface area contributed by atoms with Crippen LogP contribution in [0.15, 0.2) is 48.5 Å². The van der Waals surface area contributed by atoms with Gasteiger partial charge < -0.3 is 21.7 Å². The lowest BCUT2D eigenvalue weighted by molar-refractivity contribution is -0.129. The molecule has 0 bridgehead atoms. The molecular formula is C26H30FN5O2. The number of benzene rings is 2. The van der Waals surface area contributed by atoms with Gasteiger partial charge in [-0.3, -0.25) is 9.59 Å².